The molecule has 30 heavy (non-hydrogen) atoms. The van der Waals surface area contributed by atoms with Crippen molar-refractivity contribution in [1.29, 1.82) is 5.26 Å². The van der Waals surface area contributed by atoms with E-state index in [-0.39, 0.29) is 27.5 Å². The molecule has 4 rings (SSSR count). The van der Waals surface area contributed by atoms with E-state index in [1.54, 1.807) is 13.2 Å². The van der Waals surface area contributed by atoms with Crippen LogP contribution in [0, 0.1) is 17.1 Å². The molecule has 158 valence electrons. The van der Waals surface area contributed by atoms with E-state index in [1.807, 2.05) is 34.6 Å². The molecule has 1 saturated carbocycles. The average Bonchev–Trinajstić information content (AvgIpc) is 3.16. The monoisotopic (exact) mass is 431 g/mol. The Hall–Kier alpha value is -2.08. The number of nitriles is 1. The lowest BCUT2D eigenvalue weighted by molar-refractivity contribution is 0.00578. The molecular formula is C21H24BClFN3O3. The van der Waals surface area contributed by atoms with Crippen molar-refractivity contribution in [3.8, 4) is 23.1 Å². The van der Waals surface area contributed by atoms with Crippen molar-refractivity contribution in [3.63, 3.8) is 0 Å². The second-order valence-electron chi connectivity index (χ2n) is 9.24. The molecule has 0 N–H and O–H groups in total. The van der Waals surface area contributed by atoms with Gasteiger partial charge in [-0.15, -0.1) is 0 Å². The van der Waals surface area contributed by atoms with Gasteiger partial charge in [-0.3, -0.25) is 4.68 Å². The van der Waals surface area contributed by atoms with Crippen LogP contribution in [0.1, 0.15) is 53.0 Å². The number of rotatable bonds is 4. The second kappa shape index (κ2) is 6.71. The van der Waals surface area contributed by atoms with Crippen LogP contribution in [0.3, 0.4) is 0 Å². The maximum absolute atomic E-state index is 15.3. The molecule has 1 aliphatic heterocycles. The van der Waals surface area contributed by atoms with Gasteiger partial charge in [-0.1, -0.05) is 11.6 Å². The molecule has 0 bridgehead atoms. The molecule has 1 aromatic heterocycles. The Labute approximate surface area is 181 Å². The summed E-state index contributed by atoms with van der Waals surface area (Å²) in [5.41, 5.74) is -0.506. The summed E-state index contributed by atoms with van der Waals surface area (Å²) in [6.07, 6.45) is 3.31. The quantitative estimate of drug-likeness (QED) is 0.685. The van der Waals surface area contributed by atoms with E-state index in [4.69, 9.17) is 25.6 Å². The van der Waals surface area contributed by atoms with Gasteiger partial charge in [0.1, 0.15) is 23.0 Å². The normalized spacial score (nSPS) is 20.8. The highest BCUT2D eigenvalue weighted by Gasteiger charge is 2.53. The lowest BCUT2D eigenvalue weighted by Crippen LogP contribution is -2.41. The maximum Gasteiger partial charge on any atom is 0.498 e. The lowest BCUT2D eigenvalue weighted by atomic mass is 9.77. The van der Waals surface area contributed by atoms with E-state index in [0.717, 1.165) is 12.8 Å². The zero-order valence-electron chi connectivity index (χ0n) is 18.0. The minimum atomic E-state index is -0.769. The Morgan fingerprint density at radius 3 is 2.37 bits per heavy atom. The number of hydrogen-bond acceptors (Lipinski definition) is 5. The molecule has 1 saturated heterocycles. The summed E-state index contributed by atoms with van der Waals surface area (Å²) in [5.74, 6) is -0.442. The first-order valence-corrected chi connectivity index (χ1v) is 10.3. The molecule has 2 fully saturated rings. The summed E-state index contributed by atoms with van der Waals surface area (Å²) >= 11 is 6.21. The van der Waals surface area contributed by atoms with E-state index in [1.165, 1.54) is 10.7 Å². The Balaban J connectivity index is 1.88. The first kappa shape index (κ1) is 21.2. The van der Waals surface area contributed by atoms with Crippen LogP contribution >= 0.6 is 11.6 Å². The molecule has 0 unspecified atom stereocenters. The fourth-order valence-corrected chi connectivity index (χ4v) is 3.66. The van der Waals surface area contributed by atoms with Crippen LogP contribution in [0.25, 0.3) is 11.3 Å². The SMILES string of the molecule is Cn1ncc(B2OC(C)(C)C(C)(C)O2)c1-c1c(F)c(Cl)cc(OC2(C)CC2)c1C#N. The number of nitrogens with zero attached hydrogens (tertiary/aromatic N) is 3. The molecule has 0 amide bonds. The zero-order chi connectivity index (χ0) is 22.1. The predicted molar refractivity (Wildman–Crippen MR) is 112 cm³/mol. The molecule has 1 aliphatic carbocycles. The van der Waals surface area contributed by atoms with Gasteiger partial charge < -0.3 is 14.0 Å². The van der Waals surface area contributed by atoms with E-state index in [2.05, 4.69) is 11.2 Å². The van der Waals surface area contributed by atoms with E-state index < -0.39 is 24.1 Å². The third-order valence-electron chi connectivity index (χ3n) is 6.32. The fraction of sp³-hybridized carbons (Fsp3) is 0.524. The fourth-order valence-electron chi connectivity index (χ4n) is 3.46. The van der Waals surface area contributed by atoms with Crippen molar-refractivity contribution >= 4 is 24.2 Å². The number of benzene rings is 1. The Morgan fingerprint density at radius 2 is 1.83 bits per heavy atom. The third-order valence-corrected chi connectivity index (χ3v) is 6.59. The van der Waals surface area contributed by atoms with Gasteiger partial charge in [-0.2, -0.15) is 10.4 Å². The minimum Gasteiger partial charge on any atom is -0.486 e. The average molecular weight is 432 g/mol. The third kappa shape index (κ3) is 3.29. The summed E-state index contributed by atoms with van der Waals surface area (Å²) in [6.45, 7) is 9.70. The molecule has 2 aliphatic rings. The van der Waals surface area contributed by atoms with Gasteiger partial charge in [0, 0.05) is 24.8 Å². The van der Waals surface area contributed by atoms with E-state index >= 15 is 4.39 Å². The maximum atomic E-state index is 15.3. The molecule has 2 aromatic rings. The van der Waals surface area contributed by atoms with Crippen molar-refractivity contribution < 1.29 is 18.4 Å². The van der Waals surface area contributed by atoms with Crippen molar-refractivity contribution in [1.82, 2.24) is 9.78 Å². The van der Waals surface area contributed by atoms with Crippen LogP contribution in [-0.4, -0.2) is 33.7 Å². The van der Waals surface area contributed by atoms with Crippen molar-refractivity contribution in [2.75, 3.05) is 0 Å². The van der Waals surface area contributed by atoms with Crippen LogP contribution in [-0.2, 0) is 16.4 Å². The molecule has 0 atom stereocenters. The van der Waals surface area contributed by atoms with Crippen molar-refractivity contribution in [2.45, 2.75) is 64.3 Å². The first-order chi connectivity index (χ1) is 13.9. The van der Waals surface area contributed by atoms with Crippen molar-refractivity contribution in [2.24, 2.45) is 7.05 Å². The van der Waals surface area contributed by atoms with Crippen LogP contribution in [0.4, 0.5) is 4.39 Å². The summed E-state index contributed by atoms with van der Waals surface area (Å²) < 4.78 is 35.1. The first-order valence-electron chi connectivity index (χ1n) is 9.88. The van der Waals surface area contributed by atoms with Crippen LogP contribution < -0.4 is 10.2 Å². The molecule has 6 nitrogen and oxygen atoms in total. The summed E-state index contributed by atoms with van der Waals surface area (Å²) in [7, 11) is 0.905. The zero-order valence-corrected chi connectivity index (χ0v) is 18.7. The largest absolute Gasteiger partial charge is 0.498 e. The number of halogens is 2. The van der Waals surface area contributed by atoms with Crippen LogP contribution in [0.15, 0.2) is 12.3 Å². The van der Waals surface area contributed by atoms with Crippen LogP contribution in [0.5, 0.6) is 5.75 Å². The minimum absolute atomic E-state index is 0.0361. The van der Waals surface area contributed by atoms with Gasteiger partial charge in [0.25, 0.3) is 0 Å². The van der Waals surface area contributed by atoms with Gasteiger partial charge in [0.2, 0.25) is 0 Å². The van der Waals surface area contributed by atoms with E-state index in [0.29, 0.717) is 11.2 Å². The predicted octanol–water partition coefficient (Wildman–Crippen LogP) is 3.98. The highest BCUT2D eigenvalue weighted by atomic mass is 35.5. The summed E-state index contributed by atoms with van der Waals surface area (Å²) in [5, 5.41) is 14.1. The molecular weight excluding hydrogens is 408 g/mol. The topological polar surface area (TPSA) is 69.3 Å². The molecule has 0 spiro atoms. The Bertz CT molecular complexity index is 1060. The number of hydrogen-bond donors (Lipinski definition) is 0. The smallest absolute Gasteiger partial charge is 0.486 e. The molecule has 2 heterocycles. The van der Waals surface area contributed by atoms with Gasteiger partial charge in [-0.05, 0) is 47.5 Å². The van der Waals surface area contributed by atoms with Gasteiger partial charge in [-0.25, -0.2) is 4.39 Å². The molecule has 9 heteroatoms. The van der Waals surface area contributed by atoms with Crippen LogP contribution in [0.2, 0.25) is 5.02 Å². The summed E-state index contributed by atoms with van der Waals surface area (Å²) in [6, 6.07) is 3.47. The Morgan fingerprint density at radius 1 is 1.23 bits per heavy atom. The summed E-state index contributed by atoms with van der Waals surface area (Å²) in [4.78, 5) is 0. The number of aromatic nitrogens is 2. The lowest BCUT2D eigenvalue weighted by Gasteiger charge is -2.32. The standard InChI is InChI=1S/C21H24BClFN3O3/c1-19(2)20(3,4)30-22(29-19)13-11-26-27(6)18(13)16-12(10-25)15(9-14(23)17(16)24)28-21(5)7-8-21/h9,11H,7-8H2,1-6H3. The Kier molecular flexibility index (Phi) is 4.74. The highest BCUT2D eigenvalue weighted by Crippen LogP contribution is 2.44. The van der Waals surface area contributed by atoms with E-state index in [9.17, 15) is 5.26 Å². The van der Waals surface area contributed by atoms with Gasteiger partial charge >= 0.3 is 7.12 Å². The van der Waals surface area contributed by atoms with Gasteiger partial charge in [0.15, 0.2) is 5.82 Å². The molecule has 0 radical (unpaired) electrons. The number of ether oxygens (including phenoxy) is 1. The number of aryl methyl sites for hydroxylation is 1. The second-order valence-corrected chi connectivity index (χ2v) is 9.65. The van der Waals surface area contributed by atoms with Gasteiger partial charge in [0.05, 0.1) is 27.5 Å². The molecule has 1 aromatic carbocycles. The van der Waals surface area contributed by atoms with Crippen molar-refractivity contribution in [3.05, 3.63) is 28.7 Å². The highest BCUT2D eigenvalue weighted by molar-refractivity contribution is 6.63.